The summed E-state index contributed by atoms with van der Waals surface area (Å²) in [7, 11) is 0. The number of nitro benzene ring substituents is 1. The Bertz CT molecular complexity index is 891. The summed E-state index contributed by atoms with van der Waals surface area (Å²) in [4.78, 5) is 40.0. The van der Waals surface area contributed by atoms with Crippen LogP contribution in [0, 0.1) is 10.1 Å². The maximum Gasteiger partial charge on any atom is 0.410 e. The molecule has 0 aliphatic carbocycles. The third-order valence-electron chi connectivity index (χ3n) is 5.34. The molecule has 0 unspecified atom stereocenters. The van der Waals surface area contributed by atoms with Gasteiger partial charge in [0.15, 0.2) is 0 Å². The number of aliphatic hydroxyl groups excluding tert-OH is 1. The number of aliphatic hydroxyl groups is 1. The molecule has 1 aromatic carbocycles. The van der Waals surface area contributed by atoms with E-state index in [-0.39, 0.29) is 42.3 Å². The molecule has 1 aliphatic rings. The van der Waals surface area contributed by atoms with Crippen molar-refractivity contribution in [2.75, 3.05) is 44.6 Å². The molecule has 0 aromatic heterocycles. The first-order valence-electron chi connectivity index (χ1n) is 12.1. The maximum absolute atomic E-state index is 13.4. The van der Waals surface area contributed by atoms with Gasteiger partial charge >= 0.3 is 6.09 Å². The first-order chi connectivity index (χ1) is 16.4. The van der Waals surface area contributed by atoms with Crippen molar-refractivity contribution in [3.63, 3.8) is 0 Å². The Kier molecular flexibility index (Phi) is 10.1. The molecule has 1 fully saturated rings. The van der Waals surface area contributed by atoms with Gasteiger partial charge in [-0.25, -0.2) is 4.79 Å². The highest BCUT2D eigenvalue weighted by atomic mass is 16.6. The molecular formula is C24H38N4O7. The molecule has 2 rings (SSSR count). The van der Waals surface area contributed by atoms with Gasteiger partial charge in [-0.05, 0) is 34.1 Å². The monoisotopic (exact) mass is 494 g/mol. The van der Waals surface area contributed by atoms with Gasteiger partial charge in [0.05, 0.1) is 23.2 Å². The largest absolute Gasteiger partial charge is 0.493 e. The first kappa shape index (κ1) is 28.2. The van der Waals surface area contributed by atoms with Crippen molar-refractivity contribution in [1.82, 2.24) is 9.80 Å². The predicted octanol–water partition coefficient (Wildman–Crippen LogP) is 3.65. The van der Waals surface area contributed by atoms with Crippen LogP contribution in [0.3, 0.4) is 0 Å². The van der Waals surface area contributed by atoms with E-state index in [1.165, 1.54) is 12.1 Å². The number of hydrogen-bond acceptors (Lipinski definition) is 8. The van der Waals surface area contributed by atoms with Gasteiger partial charge in [-0.3, -0.25) is 14.9 Å². The lowest BCUT2D eigenvalue weighted by molar-refractivity contribution is -0.384. The van der Waals surface area contributed by atoms with E-state index >= 15 is 0 Å². The van der Waals surface area contributed by atoms with Gasteiger partial charge in [-0.15, -0.1) is 0 Å². The lowest BCUT2D eigenvalue weighted by atomic mass is 10.1. The van der Waals surface area contributed by atoms with Crippen molar-refractivity contribution in [2.45, 2.75) is 65.6 Å². The number of nitro groups is 1. The summed E-state index contributed by atoms with van der Waals surface area (Å²) in [5.41, 5.74) is -0.618. The number of benzene rings is 1. The fraction of sp³-hybridized carbons (Fsp3) is 0.667. The Labute approximate surface area is 206 Å². The van der Waals surface area contributed by atoms with Gasteiger partial charge in [0.2, 0.25) is 0 Å². The van der Waals surface area contributed by atoms with Crippen LogP contribution in [0.25, 0.3) is 0 Å². The normalized spacial score (nSPS) is 14.9. The number of nitrogens with zero attached hydrogens (tertiary/aromatic N) is 3. The Morgan fingerprint density at radius 3 is 2.34 bits per heavy atom. The molecule has 1 atom stereocenters. The summed E-state index contributed by atoms with van der Waals surface area (Å²) in [6.45, 7) is 10.6. The SMILES string of the molecule is CCCCCOc1cc(NC[C@H](C)O)c([N+](=O)[O-])cc1C(=O)N1CCN(C(=O)OC(C)(C)C)CC1. The molecule has 11 heteroatoms. The third kappa shape index (κ3) is 8.57. The zero-order valence-electron chi connectivity index (χ0n) is 21.3. The summed E-state index contributed by atoms with van der Waals surface area (Å²) in [5.74, 6) is -0.149. The Morgan fingerprint density at radius 2 is 1.80 bits per heavy atom. The molecular weight excluding hydrogens is 456 g/mol. The number of piperazine rings is 1. The van der Waals surface area contributed by atoms with E-state index in [4.69, 9.17) is 9.47 Å². The molecule has 2 N–H and O–H groups in total. The topological polar surface area (TPSA) is 134 Å². The van der Waals surface area contributed by atoms with Crippen molar-refractivity contribution in [2.24, 2.45) is 0 Å². The zero-order chi connectivity index (χ0) is 26.2. The standard InChI is InChI=1S/C24H38N4O7/c1-6-7-8-13-34-21-15-19(25-16-17(2)29)20(28(32)33)14-18(21)22(30)26-9-11-27(12-10-26)23(31)35-24(3,4)5/h14-15,17,25,29H,6-13,16H2,1-5H3/t17-/m0/s1. The molecule has 0 saturated carbocycles. The molecule has 11 nitrogen and oxygen atoms in total. The summed E-state index contributed by atoms with van der Waals surface area (Å²) in [6, 6.07) is 2.68. The van der Waals surface area contributed by atoms with Crippen molar-refractivity contribution < 1.29 is 29.1 Å². The number of carbonyl (C=O) groups excluding carboxylic acids is 2. The maximum atomic E-state index is 13.4. The minimum absolute atomic E-state index is 0.0986. The second kappa shape index (κ2) is 12.6. The first-order valence-corrected chi connectivity index (χ1v) is 12.1. The Morgan fingerprint density at radius 1 is 1.17 bits per heavy atom. The summed E-state index contributed by atoms with van der Waals surface area (Å²) < 4.78 is 11.3. The van der Waals surface area contributed by atoms with Crippen molar-refractivity contribution in [3.05, 3.63) is 27.8 Å². The second-order valence-electron chi connectivity index (χ2n) is 9.67. The third-order valence-corrected chi connectivity index (χ3v) is 5.34. The number of amides is 2. The second-order valence-corrected chi connectivity index (χ2v) is 9.67. The van der Waals surface area contributed by atoms with Crippen molar-refractivity contribution >= 4 is 23.4 Å². The molecule has 2 amide bonds. The van der Waals surface area contributed by atoms with Gasteiger partial charge in [-0.2, -0.15) is 0 Å². The quantitative estimate of drug-likeness (QED) is 0.286. The fourth-order valence-electron chi connectivity index (χ4n) is 3.53. The van der Waals surface area contributed by atoms with E-state index in [0.29, 0.717) is 19.7 Å². The zero-order valence-corrected chi connectivity index (χ0v) is 21.3. The summed E-state index contributed by atoms with van der Waals surface area (Å²) in [6.07, 6.45) is 1.58. The number of carbonyl (C=O) groups is 2. The fourth-order valence-corrected chi connectivity index (χ4v) is 3.53. The highest BCUT2D eigenvalue weighted by Gasteiger charge is 2.31. The number of anilines is 1. The molecule has 1 heterocycles. The predicted molar refractivity (Wildman–Crippen MR) is 132 cm³/mol. The van der Waals surface area contributed by atoms with Crippen LogP contribution >= 0.6 is 0 Å². The van der Waals surface area contributed by atoms with Crippen LogP contribution in [0.15, 0.2) is 12.1 Å². The van der Waals surface area contributed by atoms with E-state index in [2.05, 4.69) is 12.2 Å². The molecule has 35 heavy (non-hydrogen) atoms. The highest BCUT2D eigenvalue weighted by Crippen LogP contribution is 2.34. The molecule has 0 spiro atoms. The van der Waals surface area contributed by atoms with Gasteiger partial charge < -0.3 is 29.7 Å². The van der Waals surface area contributed by atoms with E-state index in [9.17, 15) is 24.8 Å². The minimum atomic E-state index is -0.717. The van der Waals surface area contributed by atoms with Crippen LogP contribution in [-0.2, 0) is 4.74 Å². The van der Waals surface area contributed by atoms with Crippen LogP contribution in [0.1, 0.15) is 64.2 Å². The minimum Gasteiger partial charge on any atom is -0.493 e. The Balaban J connectivity index is 2.25. The number of hydrogen-bond donors (Lipinski definition) is 2. The highest BCUT2D eigenvalue weighted by molar-refractivity contribution is 5.99. The number of rotatable bonds is 10. The summed E-state index contributed by atoms with van der Waals surface area (Å²) >= 11 is 0. The van der Waals surface area contributed by atoms with Crippen LogP contribution in [-0.4, -0.2) is 82.9 Å². The number of ether oxygens (including phenoxy) is 2. The van der Waals surface area contributed by atoms with Gasteiger partial charge in [0.1, 0.15) is 17.0 Å². The number of unbranched alkanes of at least 4 members (excludes halogenated alkanes) is 2. The van der Waals surface area contributed by atoms with Crippen LogP contribution in [0.5, 0.6) is 5.75 Å². The van der Waals surface area contributed by atoms with Gasteiger partial charge in [0, 0.05) is 44.9 Å². The average molecular weight is 495 g/mol. The van der Waals surface area contributed by atoms with Crippen LogP contribution in [0.2, 0.25) is 0 Å². The Hall–Kier alpha value is -3.08. The molecule has 1 aliphatic heterocycles. The van der Waals surface area contributed by atoms with E-state index < -0.39 is 28.6 Å². The van der Waals surface area contributed by atoms with Crippen LogP contribution in [0.4, 0.5) is 16.2 Å². The molecule has 196 valence electrons. The van der Waals surface area contributed by atoms with Crippen molar-refractivity contribution in [1.29, 1.82) is 0 Å². The summed E-state index contributed by atoms with van der Waals surface area (Å²) in [5, 5.41) is 24.2. The molecule has 1 saturated heterocycles. The molecule has 1 aromatic rings. The molecule has 0 bridgehead atoms. The van der Waals surface area contributed by atoms with E-state index in [1.807, 2.05) is 0 Å². The van der Waals surface area contributed by atoms with Gasteiger partial charge in [0.25, 0.3) is 11.6 Å². The van der Waals surface area contributed by atoms with Gasteiger partial charge in [-0.1, -0.05) is 19.8 Å². The van der Waals surface area contributed by atoms with Crippen molar-refractivity contribution in [3.8, 4) is 5.75 Å². The lowest BCUT2D eigenvalue weighted by Gasteiger charge is -2.35. The lowest BCUT2D eigenvalue weighted by Crippen LogP contribution is -2.51. The average Bonchev–Trinajstić information content (AvgIpc) is 2.78. The molecule has 0 radical (unpaired) electrons. The smallest absolute Gasteiger partial charge is 0.410 e. The van der Waals surface area contributed by atoms with E-state index in [1.54, 1.807) is 37.5 Å². The van der Waals surface area contributed by atoms with Crippen LogP contribution < -0.4 is 10.1 Å². The van der Waals surface area contributed by atoms with E-state index in [0.717, 1.165) is 19.3 Å². The number of nitrogens with one attached hydrogen (secondary N) is 1.